The van der Waals surface area contributed by atoms with Gasteiger partial charge in [-0.3, -0.25) is 4.90 Å². The van der Waals surface area contributed by atoms with Crippen molar-refractivity contribution in [2.45, 2.75) is 39.7 Å². The van der Waals surface area contributed by atoms with E-state index in [1.54, 1.807) is 6.08 Å². The van der Waals surface area contributed by atoms with Crippen LogP contribution in [0.15, 0.2) is 30.3 Å². The van der Waals surface area contributed by atoms with Gasteiger partial charge in [0.2, 0.25) is 0 Å². The molecule has 21 heavy (non-hydrogen) atoms. The van der Waals surface area contributed by atoms with Crippen LogP contribution in [-0.2, 0) is 11.3 Å². The summed E-state index contributed by atoms with van der Waals surface area (Å²) in [6.45, 7) is 7.89. The molecule has 1 saturated heterocycles. The maximum absolute atomic E-state index is 10.6. The van der Waals surface area contributed by atoms with E-state index in [-0.39, 0.29) is 0 Å². The number of nitrogens with zero attached hydrogens (tertiary/aromatic N) is 1. The fraction of sp³-hybridized carbons (Fsp3) is 0.500. The third kappa shape index (κ3) is 4.18. The van der Waals surface area contributed by atoms with Gasteiger partial charge in [-0.1, -0.05) is 38.1 Å². The molecular weight excluding hydrogens is 262 g/mol. The summed E-state index contributed by atoms with van der Waals surface area (Å²) in [5, 5.41) is 8.69. The van der Waals surface area contributed by atoms with Crippen LogP contribution in [0.4, 0.5) is 0 Å². The fourth-order valence-electron chi connectivity index (χ4n) is 3.21. The Morgan fingerprint density at radius 1 is 1.38 bits per heavy atom. The van der Waals surface area contributed by atoms with Gasteiger partial charge in [0.05, 0.1) is 0 Å². The number of hydrogen-bond donors (Lipinski definition) is 1. The highest BCUT2D eigenvalue weighted by Gasteiger charge is 2.34. The third-order valence-electron chi connectivity index (χ3n) is 4.79. The lowest BCUT2D eigenvalue weighted by molar-refractivity contribution is -0.131. The van der Waals surface area contributed by atoms with Crippen LogP contribution in [0.1, 0.15) is 44.2 Å². The van der Waals surface area contributed by atoms with Crippen LogP contribution in [0.2, 0.25) is 0 Å². The zero-order chi connectivity index (χ0) is 15.3. The number of carboxylic acids is 1. The van der Waals surface area contributed by atoms with Gasteiger partial charge in [0, 0.05) is 19.2 Å². The second kappa shape index (κ2) is 6.90. The van der Waals surface area contributed by atoms with Crippen LogP contribution >= 0.6 is 0 Å². The van der Waals surface area contributed by atoms with E-state index >= 15 is 0 Å². The molecule has 1 aromatic carbocycles. The molecule has 0 atom stereocenters. The summed E-state index contributed by atoms with van der Waals surface area (Å²) < 4.78 is 0. The van der Waals surface area contributed by atoms with Gasteiger partial charge in [0.25, 0.3) is 0 Å². The second-order valence-corrected chi connectivity index (χ2v) is 6.08. The molecule has 0 radical (unpaired) electrons. The first kappa shape index (κ1) is 15.8. The maximum Gasteiger partial charge on any atom is 0.328 e. The van der Waals surface area contributed by atoms with Crippen molar-refractivity contribution in [3.63, 3.8) is 0 Å². The smallest absolute Gasteiger partial charge is 0.328 e. The molecule has 1 aromatic rings. The van der Waals surface area contributed by atoms with Gasteiger partial charge in [-0.05, 0) is 48.4 Å². The van der Waals surface area contributed by atoms with Crippen LogP contribution in [-0.4, -0.2) is 29.1 Å². The number of aliphatic carboxylic acids is 1. The molecule has 1 aliphatic rings. The topological polar surface area (TPSA) is 40.5 Å². The van der Waals surface area contributed by atoms with Crippen molar-refractivity contribution in [2.24, 2.45) is 5.41 Å². The van der Waals surface area contributed by atoms with Crippen molar-refractivity contribution in [2.75, 3.05) is 13.1 Å². The Kier molecular flexibility index (Phi) is 5.18. The van der Waals surface area contributed by atoms with Crippen LogP contribution < -0.4 is 0 Å². The summed E-state index contributed by atoms with van der Waals surface area (Å²) >= 11 is 0. The first-order valence-electron chi connectivity index (χ1n) is 7.79. The monoisotopic (exact) mass is 287 g/mol. The summed E-state index contributed by atoms with van der Waals surface area (Å²) in [6.07, 6.45) is 6.63. The Hall–Kier alpha value is -1.61. The van der Waals surface area contributed by atoms with Gasteiger partial charge >= 0.3 is 5.97 Å². The Balaban J connectivity index is 2.01. The molecule has 0 spiro atoms. The molecule has 0 aliphatic carbocycles. The van der Waals surface area contributed by atoms with Gasteiger partial charge in [-0.15, -0.1) is 0 Å². The van der Waals surface area contributed by atoms with E-state index in [2.05, 4.69) is 30.9 Å². The summed E-state index contributed by atoms with van der Waals surface area (Å²) in [7, 11) is 0. The van der Waals surface area contributed by atoms with E-state index in [4.69, 9.17) is 5.11 Å². The zero-order valence-corrected chi connectivity index (χ0v) is 13.0. The maximum atomic E-state index is 10.6. The summed E-state index contributed by atoms with van der Waals surface area (Å²) in [4.78, 5) is 13.1. The molecule has 114 valence electrons. The van der Waals surface area contributed by atoms with Crippen LogP contribution in [0, 0.1) is 5.41 Å². The first-order chi connectivity index (χ1) is 10.1. The fourth-order valence-corrected chi connectivity index (χ4v) is 3.21. The summed E-state index contributed by atoms with van der Waals surface area (Å²) in [5.41, 5.74) is 2.71. The largest absolute Gasteiger partial charge is 0.478 e. The quantitative estimate of drug-likeness (QED) is 0.809. The zero-order valence-electron chi connectivity index (χ0n) is 13.0. The average Bonchev–Trinajstić information content (AvgIpc) is 2.89. The molecule has 1 N–H and O–H groups in total. The lowest BCUT2D eigenvalue weighted by Gasteiger charge is -2.26. The standard InChI is InChI=1S/C18H25NO2/c1-3-18(4-2)10-11-19(14-18)13-16-7-5-6-15(12-16)8-9-17(20)21/h5-9,12H,3-4,10-11,13-14H2,1-2H3,(H,20,21)/b9-8+. The predicted molar refractivity (Wildman–Crippen MR) is 86.0 cm³/mol. The van der Waals surface area contributed by atoms with Crippen molar-refractivity contribution in [1.82, 2.24) is 4.90 Å². The Labute approximate surface area is 127 Å². The number of benzene rings is 1. The number of rotatable bonds is 6. The Morgan fingerprint density at radius 3 is 2.76 bits per heavy atom. The lowest BCUT2D eigenvalue weighted by Crippen LogP contribution is -2.26. The van der Waals surface area contributed by atoms with E-state index in [1.807, 2.05) is 12.1 Å². The van der Waals surface area contributed by atoms with Gasteiger partial charge in [-0.2, -0.15) is 0 Å². The highest BCUT2D eigenvalue weighted by atomic mass is 16.4. The SMILES string of the molecule is CCC1(CC)CCN(Cc2cccc(/C=C/C(=O)O)c2)C1. The summed E-state index contributed by atoms with van der Waals surface area (Å²) in [5.74, 6) is -0.907. The minimum absolute atomic E-state index is 0.501. The number of likely N-dealkylation sites (tertiary alicyclic amines) is 1. The molecule has 0 amide bonds. The molecule has 0 aromatic heterocycles. The third-order valence-corrected chi connectivity index (χ3v) is 4.79. The highest BCUT2D eigenvalue weighted by molar-refractivity contribution is 5.85. The summed E-state index contributed by atoms with van der Waals surface area (Å²) in [6, 6.07) is 8.14. The molecule has 1 heterocycles. The van der Waals surface area contributed by atoms with E-state index in [0.717, 1.165) is 18.7 Å². The van der Waals surface area contributed by atoms with Crippen LogP contribution in [0.5, 0.6) is 0 Å². The Bertz CT molecular complexity index is 518. The van der Waals surface area contributed by atoms with Gasteiger partial charge in [0.1, 0.15) is 0 Å². The molecule has 1 aliphatic heterocycles. The normalized spacial score (nSPS) is 18.4. The van der Waals surface area contributed by atoms with Crippen molar-refractivity contribution < 1.29 is 9.90 Å². The Morgan fingerprint density at radius 2 is 2.14 bits per heavy atom. The minimum atomic E-state index is -0.907. The van der Waals surface area contributed by atoms with E-state index in [0.29, 0.717) is 5.41 Å². The van der Waals surface area contributed by atoms with E-state index in [1.165, 1.54) is 37.4 Å². The molecule has 1 fully saturated rings. The lowest BCUT2D eigenvalue weighted by atomic mass is 9.82. The number of carbonyl (C=O) groups is 1. The van der Waals surface area contributed by atoms with Crippen molar-refractivity contribution in [1.29, 1.82) is 0 Å². The van der Waals surface area contributed by atoms with Crippen molar-refractivity contribution >= 4 is 12.0 Å². The number of hydrogen-bond acceptors (Lipinski definition) is 2. The van der Waals surface area contributed by atoms with Gasteiger partial charge in [-0.25, -0.2) is 4.79 Å². The van der Waals surface area contributed by atoms with Crippen LogP contribution in [0.25, 0.3) is 6.08 Å². The molecule has 3 heteroatoms. The molecule has 0 bridgehead atoms. The average molecular weight is 287 g/mol. The van der Waals surface area contributed by atoms with Gasteiger partial charge < -0.3 is 5.11 Å². The minimum Gasteiger partial charge on any atom is -0.478 e. The van der Waals surface area contributed by atoms with Crippen molar-refractivity contribution in [3.8, 4) is 0 Å². The first-order valence-corrected chi connectivity index (χ1v) is 7.79. The van der Waals surface area contributed by atoms with Gasteiger partial charge in [0.15, 0.2) is 0 Å². The molecular formula is C18H25NO2. The van der Waals surface area contributed by atoms with E-state index < -0.39 is 5.97 Å². The van der Waals surface area contributed by atoms with Crippen molar-refractivity contribution in [3.05, 3.63) is 41.5 Å². The number of carboxylic acid groups (broad SMARTS) is 1. The second-order valence-electron chi connectivity index (χ2n) is 6.08. The molecule has 2 rings (SSSR count). The highest BCUT2D eigenvalue weighted by Crippen LogP contribution is 2.37. The molecule has 0 saturated carbocycles. The molecule has 3 nitrogen and oxygen atoms in total. The van der Waals surface area contributed by atoms with E-state index in [9.17, 15) is 4.79 Å². The molecule has 0 unspecified atom stereocenters. The predicted octanol–water partition coefficient (Wildman–Crippen LogP) is 3.80. The van der Waals surface area contributed by atoms with Crippen LogP contribution in [0.3, 0.4) is 0 Å².